The predicted octanol–water partition coefficient (Wildman–Crippen LogP) is 6.18. The number of piperidine rings is 1. The van der Waals surface area contributed by atoms with Gasteiger partial charge in [0.25, 0.3) is 0 Å². The third-order valence-electron chi connectivity index (χ3n) is 9.78. The summed E-state index contributed by atoms with van der Waals surface area (Å²) >= 11 is 0. The third kappa shape index (κ3) is 6.40. The van der Waals surface area contributed by atoms with Crippen molar-refractivity contribution in [2.45, 2.75) is 87.4 Å². The zero-order chi connectivity index (χ0) is 30.0. The van der Waals surface area contributed by atoms with Crippen LogP contribution < -0.4 is 5.32 Å². The largest absolute Gasteiger partial charge is 0.416 e. The molecule has 10 heteroatoms. The summed E-state index contributed by atoms with van der Waals surface area (Å²) in [5.74, 6) is -0.482. The van der Waals surface area contributed by atoms with Crippen LogP contribution in [0, 0.1) is 11.8 Å². The van der Waals surface area contributed by atoms with E-state index < -0.39 is 33.7 Å². The molecule has 1 N–H and O–H groups in total. The molecule has 2 aliphatic heterocycles. The number of rotatable bonds is 8. The second-order valence-electron chi connectivity index (χ2n) is 12.3. The molecule has 3 aliphatic rings. The second-order valence-corrected chi connectivity index (χ2v) is 14.2. The minimum atomic E-state index is -4.64. The van der Waals surface area contributed by atoms with Crippen molar-refractivity contribution >= 4 is 15.9 Å². The van der Waals surface area contributed by atoms with Crippen LogP contribution in [-0.4, -0.2) is 55.8 Å². The topological polar surface area (TPSA) is 69.7 Å². The maximum Gasteiger partial charge on any atom is 0.416 e. The minimum absolute atomic E-state index is 0.0476. The van der Waals surface area contributed by atoms with Gasteiger partial charge in [0.15, 0.2) is 0 Å². The van der Waals surface area contributed by atoms with Gasteiger partial charge in [-0.2, -0.15) is 17.5 Å². The molecule has 2 saturated heterocycles. The summed E-state index contributed by atoms with van der Waals surface area (Å²) in [5, 5.41) is 3.10. The van der Waals surface area contributed by atoms with Gasteiger partial charge < -0.3 is 5.32 Å². The molecule has 1 saturated carbocycles. The molecule has 1 aliphatic carbocycles. The van der Waals surface area contributed by atoms with E-state index in [2.05, 4.69) is 40.5 Å². The normalized spacial score (nSPS) is 27.0. The van der Waals surface area contributed by atoms with Gasteiger partial charge in [0.05, 0.1) is 16.4 Å². The molecule has 2 aromatic carbocycles. The molecule has 42 heavy (non-hydrogen) atoms. The molecule has 2 unspecified atom stereocenters. The van der Waals surface area contributed by atoms with Gasteiger partial charge >= 0.3 is 6.18 Å². The van der Waals surface area contributed by atoms with Crippen molar-refractivity contribution in [1.29, 1.82) is 0 Å². The number of halogens is 3. The van der Waals surface area contributed by atoms with Crippen LogP contribution in [0.25, 0.3) is 0 Å². The molecule has 2 aromatic rings. The number of carbonyl (C=O) groups is 1. The number of likely N-dealkylation sites (tertiary alicyclic amines) is 1. The van der Waals surface area contributed by atoms with E-state index in [0.29, 0.717) is 31.4 Å². The van der Waals surface area contributed by atoms with Crippen LogP contribution >= 0.6 is 0 Å². The molecule has 0 bridgehead atoms. The fraction of sp³-hybridized carbons (Fsp3) is 0.594. The van der Waals surface area contributed by atoms with E-state index in [4.69, 9.17) is 0 Å². The molecule has 0 aromatic heterocycles. The van der Waals surface area contributed by atoms with E-state index in [9.17, 15) is 26.4 Å². The van der Waals surface area contributed by atoms with Crippen LogP contribution in [0.4, 0.5) is 13.2 Å². The van der Waals surface area contributed by atoms with E-state index in [1.54, 1.807) is 6.92 Å². The Labute approximate surface area is 247 Å². The summed E-state index contributed by atoms with van der Waals surface area (Å²) in [7, 11) is -4.21. The summed E-state index contributed by atoms with van der Waals surface area (Å²) in [6, 6.07) is 14.0. The molecule has 6 nitrogen and oxygen atoms in total. The van der Waals surface area contributed by atoms with Crippen molar-refractivity contribution in [3.63, 3.8) is 0 Å². The lowest BCUT2D eigenvalue weighted by atomic mass is 9.71. The lowest BCUT2D eigenvalue weighted by Crippen LogP contribution is -2.51. The Morgan fingerprint density at radius 1 is 0.952 bits per heavy atom. The molecule has 0 spiro atoms. The Balaban J connectivity index is 1.22. The van der Waals surface area contributed by atoms with Crippen molar-refractivity contribution in [2.75, 3.05) is 26.2 Å². The van der Waals surface area contributed by atoms with E-state index in [1.807, 2.05) is 0 Å². The van der Waals surface area contributed by atoms with Gasteiger partial charge in [0, 0.05) is 24.7 Å². The smallest absolute Gasteiger partial charge is 0.356 e. The number of nitrogens with zero attached hydrogens (tertiary/aromatic N) is 2. The minimum Gasteiger partial charge on any atom is -0.356 e. The number of alkyl halides is 3. The lowest BCUT2D eigenvalue weighted by molar-refractivity contribution is -0.137. The highest BCUT2D eigenvalue weighted by Gasteiger charge is 2.43. The second kappa shape index (κ2) is 12.7. The molecule has 1 amide bonds. The summed E-state index contributed by atoms with van der Waals surface area (Å²) < 4.78 is 68.2. The van der Waals surface area contributed by atoms with Crippen LogP contribution in [0.5, 0.6) is 0 Å². The van der Waals surface area contributed by atoms with Gasteiger partial charge in [-0.25, -0.2) is 8.42 Å². The number of benzene rings is 2. The third-order valence-corrected chi connectivity index (χ3v) is 11.7. The van der Waals surface area contributed by atoms with Crippen molar-refractivity contribution in [1.82, 2.24) is 14.5 Å². The predicted molar refractivity (Wildman–Crippen MR) is 156 cm³/mol. The molecular formula is C32H42F3N3O3S. The molecule has 0 radical (unpaired) electrons. The highest BCUT2D eigenvalue weighted by molar-refractivity contribution is 7.89. The van der Waals surface area contributed by atoms with Gasteiger partial charge in [0.2, 0.25) is 15.9 Å². The molecule has 3 fully saturated rings. The molecule has 5 rings (SSSR count). The maximum absolute atomic E-state index is 13.5. The van der Waals surface area contributed by atoms with Crippen molar-refractivity contribution in [3.05, 3.63) is 65.7 Å². The first-order valence-electron chi connectivity index (χ1n) is 15.3. The first kappa shape index (κ1) is 31.0. The van der Waals surface area contributed by atoms with Gasteiger partial charge in [0.1, 0.15) is 0 Å². The number of amides is 1. The average Bonchev–Trinajstić information content (AvgIpc) is 3.56. The van der Waals surface area contributed by atoms with E-state index in [-0.39, 0.29) is 22.9 Å². The monoisotopic (exact) mass is 605 g/mol. The number of hydrogen-bond donors (Lipinski definition) is 1. The van der Waals surface area contributed by atoms with Gasteiger partial charge in [-0.1, -0.05) is 49.7 Å². The Hall–Kier alpha value is -2.43. The zero-order valence-electron chi connectivity index (χ0n) is 24.3. The van der Waals surface area contributed by atoms with Crippen LogP contribution in [-0.2, 0) is 26.5 Å². The van der Waals surface area contributed by atoms with E-state index in [1.165, 1.54) is 28.8 Å². The quantitative estimate of drug-likeness (QED) is 0.390. The van der Waals surface area contributed by atoms with Gasteiger partial charge in [-0.05, 0) is 94.1 Å². The number of carbonyl (C=O) groups excluding carboxylic acids is 1. The maximum atomic E-state index is 13.5. The SMILES string of the molecule is CC(C(=O)NCC1CCC(c2ccccc2)(N2CCCC2)CC1)C1CCCCN1S(=O)(=O)c1cccc(C(F)(F)F)c1. The Morgan fingerprint density at radius 2 is 1.62 bits per heavy atom. The summed E-state index contributed by atoms with van der Waals surface area (Å²) in [6.45, 7) is 4.70. The van der Waals surface area contributed by atoms with Crippen molar-refractivity contribution in [3.8, 4) is 0 Å². The van der Waals surface area contributed by atoms with Crippen LogP contribution in [0.3, 0.4) is 0 Å². The summed E-state index contributed by atoms with van der Waals surface area (Å²) in [6.07, 6.45) is 3.75. The molecular weight excluding hydrogens is 563 g/mol. The van der Waals surface area contributed by atoms with Crippen molar-refractivity contribution < 1.29 is 26.4 Å². The first-order valence-corrected chi connectivity index (χ1v) is 16.7. The van der Waals surface area contributed by atoms with Gasteiger partial charge in [-0.15, -0.1) is 0 Å². The first-order chi connectivity index (χ1) is 20.0. The average molecular weight is 606 g/mol. The molecule has 230 valence electrons. The summed E-state index contributed by atoms with van der Waals surface area (Å²) in [5.41, 5.74) is 0.421. The van der Waals surface area contributed by atoms with Crippen molar-refractivity contribution in [2.24, 2.45) is 11.8 Å². The summed E-state index contributed by atoms with van der Waals surface area (Å²) in [4.78, 5) is 15.6. The fourth-order valence-corrected chi connectivity index (χ4v) is 9.13. The van der Waals surface area contributed by atoms with Crippen LogP contribution in [0.1, 0.15) is 75.8 Å². The van der Waals surface area contributed by atoms with Gasteiger partial charge in [-0.3, -0.25) is 9.69 Å². The Kier molecular flexibility index (Phi) is 9.35. The highest BCUT2D eigenvalue weighted by Crippen LogP contribution is 2.45. The Bertz CT molecular complexity index is 1320. The van der Waals surface area contributed by atoms with E-state index >= 15 is 0 Å². The van der Waals surface area contributed by atoms with Crippen LogP contribution in [0.15, 0.2) is 59.5 Å². The van der Waals surface area contributed by atoms with E-state index in [0.717, 1.165) is 57.3 Å². The molecule has 2 atom stereocenters. The lowest BCUT2D eigenvalue weighted by Gasteiger charge is -2.47. The number of nitrogens with one attached hydrogen (secondary N) is 1. The Morgan fingerprint density at radius 3 is 2.29 bits per heavy atom. The highest BCUT2D eigenvalue weighted by atomic mass is 32.2. The zero-order valence-corrected chi connectivity index (χ0v) is 25.1. The number of sulfonamides is 1. The molecule has 2 heterocycles. The number of hydrogen-bond acceptors (Lipinski definition) is 4. The van der Waals surface area contributed by atoms with Crippen LogP contribution in [0.2, 0.25) is 0 Å². The standard InChI is InChI=1S/C32H42F3N3O3S/c1-24(29-14-5-6-21-38(29)42(40,41)28-13-9-12-27(22-28)32(33,34)35)30(39)36-23-25-15-17-31(18-16-25,37-19-7-8-20-37)26-10-3-2-4-11-26/h2-4,9-13,22,24-25,29H,5-8,14-21,23H2,1H3,(H,36,39). The fourth-order valence-electron chi connectivity index (χ4n) is 7.32.